The molecule has 24 heavy (non-hydrogen) atoms. The number of rotatable bonds is 4. The van der Waals surface area contributed by atoms with E-state index < -0.39 is 0 Å². The normalized spacial score (nSPS) is 17.8. The van der Waals surface area contributed by atoms with E-state index in [2.05, 4.69) is 57.1 Å². The number of nitrogens with zero attached hydrogens (tertiary/aromatic N) is 4. The molecule has 1 unspecified atom stereocenters. The second-order valence-corrected chi connectivity index (χ2v) is 7.47. The molecular weight excluding hydrogens is 435 g/mol. The third-order valence-electron chi connectivity index (χ3n) is 4.26. The lowest BCUT2D eigenvalue weighted by atomic mass is 9.91. The number of aliphatic imine (C=N–C) groups is 1. The summed E-state index contributed by atoms with van der Waals surface area (Å²) in [7, 11) is 1.82. The first-order valence-electron chi connectivity index (χ1n) is 7.96. The Kier molecular flexibility index (Phi) is 6.62. The highest BCUT2D eigenvalue weighted by molar-refractivity contribution is 14.0. The third-order valence-corrected chi connectivity index (χ3v) is 5.49. The molecule has 3 heterocycles. The largest absolute Gasteiger partial charge is 0.356 e. The van der Waals surface area contributed by atoms with Gasteiger partial charge in [0.05, 0.1) is 6.54 Å². The average Bonchev–Trinajstić information content (AvgIpc) is 3.22. The van der Waals surface area contributed by atoms with Crippen molar-refractivity contribution in [2.75, 3.05) is 13.6 Å². The topological polar surface area (TPSA) is 67.1 Å². The Hall–Kier alpha value is -1.16. The van der Waals surface area contributed by atoms with Gasteiger partial charge in [-0.05, 0) is 17.9 Å². The maximum atomic E-state index is 4.36. The smallest absolute Gasteiger partial charge is 0.191 e. The Labute approximate surface area is 164 Å². The molecule has 2 aromatic heterocycles. The van der Waals surface area contributed by atoms with Gasteiger partial charge in [0.25, 0.3) is 0 Å². The number of nitrogens with one attached hydrogen (secondary N) is 2. The summed E-state index contributed by atoms with van der Waals surface area (Å²) in [6, 6.07) is 4.63. The molecule has 2 aromatic rings. The van der Waals surface area contributed by atoms with Crippen molar-refractivity contribution >= 4 is 41.3 Å². The lowest BCUT2D eigenvalue weighted by molar-refractivity contribution is 0.391. The first-order valence-corrected chi connectivity index (χ1v) is 8.84. The minimum atomic E-state index is 0. The SMILES string of the molecule is CN=C(NCC(C)(C)c1cccs1)NC1CCc2ncnn2C1.I. The van der Waals surface area contributed by atoms with Gasteiger partial charge in [0.1, 0.15) is 12.2 Å². The number of fused-ring (bicyclic) bond motifs is 1. The van der Waals surface area contributed by atoms with Gasteiger partial charge in [-0.25, -0.2) is 9.67 Å². The van der Waals surface area contributed by atoms with Crippen molar-refractivity contribution in [3.63, 3.8) is 0 Å². The summed E-state index contributed by atoms with van der Waals surface area (Å²) in [6.45, 7) is 6.18. The van der Waals surface area contributed by atoms with Gasteiger partial charge >= 0.3 is 0 Å². The van der Waals surface area contributed by atoms with Gasteiger partial charge in [0.15, 0.2) is 5.96 Å². The van der Waals surface area contributed by atoms with Gasteiger partial charge in [0.2, 0.25) is 0 Å². The molecule has 0 bridgehead atoms. The molecule has 0 amide bonds. The van der Waals surface area contributed by atoms with Crippen LogP contribution in [0.25, 0.3) is 0 Å². The van der Waals surface area contributed by atoms with Gasteiger partial charge in [-0.3, -0.25) is 4.99 Å². The second-order valence-electron chi connectivity index (χ2n) is 6.53. The van der Waals surface area contributed by atoms with Gasteiger partial charge in [0, 0.05) is 36.3 Å². The number of guanidine groups is 1. The molecule has 8 heteroatoms. The van der Waals surface area contributed by atoms with Gasteiger partial charge in [-0.15, -0.1) is 35.3 Å². The fourth-order valence-corrected chi connectivity index (χ4v) is 3.65. The van der Waals surface area contributed by atoms with Crippen LogP contribution in [0, 0.1) is 0 Å². The summed E-state index contributed by atoms with van der Waals surface area (Å²) in [5.41, 5.74) is 0.0808. The molecule has 132 valence electrons. The van der Waals surface area contributed by atoms with Crippen LogP contribution in [-0.2, 0) is 18.4 Å². The molecule has 0 spiro atoms. The van der Waals surface area contributed by atoms with Crippen LogP contribution < -0.4 is 10.6 Å². The highest BCUT2D eigenvalue weighted by Gasteiger charge is 2.24. The molecule has 1 aliphatic rings. The van der Waals surface area contributed by atoms with Crippen molar-refractivity contribution in [2.45, 2.75) is 44.7 Å². The number of hydrogen-bond acceptors (Lipinski definition) is 4. The minimum absolute atomic E-state index is 0. The molecule has 0 saturated carbocycles. The van der Waals surface area contributed by atoms with Crippen molar-refractivity contribution in [1.82, 2.24) is 25.4 Å². The summed E-state index contributed by atoms with van der Waals surface area (Å²) in [5, 5.41) is 13.4. The highest BCUT2D eigenvalue weighted by Crippen LogP contribution is 2.26. The van der Waals surface area contributed by atoms with Crippen LogP contribution in [0.1, 0.15) is 31.0 Å². The predicted molar refractivity (Wildman–Crippen MR) is 109 cm³/mol. The lowest BCUT2D eigenvalue weighted by Crippen LogP contribution is -2.49. The maximum Gasteiger partial charge on any atom is 0.191 e. The van der Waals surface area contributed by atoms with E-state index in [1.165, 1.54) is 4.88 Å². The summed E-state index contributed by atoms with van der Waals surface area (Å²) < 4.78 is 1.98. The zero-order valence-corrected chi connectivity index (χ0v) is 17.5. The van der Waals surface area contributed by atoms with E-state index in [0.717, 1.165) is 37.7 Å². The maximum absolute atomic E-state index is 4.36. The van der Waals surface area contributed by atoms with Crippen molar-refractivity contribution in [3.8, 4) is 0 Å². The Balaban J connectivity index is 0.00000208. The van der Waals surface area contributed by atoms with E-state index in [1.807, 2.05) is 11.7 Å². The fourth-order valence-electron chi connectivity index (χ4n) is 2.80. The molecule has 0 radical (unpaired) electrons. The highest BCUT2D eigenvalue weighted by atomic mass is 127. The second kappa shape index (κ2) is 8.28. The summed E-state index contributed by atoms with van der Waals surface area (Å²) in [6.07, 6.45) is 3.64. The van der Waals surface area contributed by atoms with E-state index in [-0.39, 0.29) is 29.4 Å². The van der Waals surface area contributed by atoms with E-state index in [1.54, 1.807) is 17.7 Å². The number of halogens is 1. The molecule has 1 atom stereocenters. The summed E-state index contributed by atoms with van der Waals surface area (Å²) >= 11 is 1.80. The van der Waals surface area contributed by atoms with E-state index >= 15 is 0 Å². The van der Waals surface area contributed by atoms with Gasteiger partial charge < -0.3 is 10.6 Å². The van der Waals surface area contributed by atoms with Gasteiger partial charge in [-0.2, -0.15) is 5.10 Å². The molecular formula is C16H25IN6S. The van der Waals surface area contributed by atoms with Crippen molar-refractivity contribution in [3.05, 3.63) is 34.5 Å². The Morgan fingerprint density at radius 2 is 2.33 bits per heavy atom. The molecule has 0 saturated heterocycles. The molecule has 2 N–H and O–H groups in total. The first kappa shape index (κ1) is 19.2. The van der Waals surface area contributed by atoms with Crippen LogP contribution in [0.15, 0.2) is 28.8 Å². The Morgan fingerprint density at radius 3 is 3.04 bits per heavy atom. The fraction of sp³-hybridized carbons (Fsp3) is 0.562. The quantitative estimate of drug-likeness (QED) is 0.418. The molecule has 1 aliphatic heterocycles. The number of aryl methyl sites for hydroxylation is 1. The first-order chi connectivity index (χ1) is 11.1. The van der Waals surface area contributed by atoms with Crippen molar-refractivity contribution in [1.29, 1.82) is 0 Å². The van der Waals surface area contributed by atoms with Crippen molar-refractivity contribution < 1.29 is 0 Å². The van der Waals surface area contributed by atoms with Gasteiger partial charge in [-0.1, -0.05) is 19.9 Å². The number of hydrogen-bond donors (Lipinski definition) is 2. The van der Waals surface area contributed by atoms with Crippen LogP contribution in [-0.4, -0.2) is 40.4 Å². The predicted octanol–water partition coefficient (Wildman–Crippen LogP) is 2.42. The van der Waals surface area contributed by atoms with Crippen LogP contribution >= 0.6 is 35.3 Å². The van der Waals surface area contributed by atoms with Crippen LogP contribution in [0.5, 0.6) is 0 Å². The standard InChI is InChI=1S/C16H24N6S.HI/c1-16(2,13-5-4-8-23-13)10-18-15(17-3)21-12-6-7-14-19-11-20-22(14)9-12;/h4-5,8,11-12H,6-7,9-10H2,1-3H3,(H2,17,18,21);1H. The monoisotopic (exact) mass is 460 g/mol. The third kappa shape index (κ3) is 4.47. The number of aromatic nitrogens is 3. The minimum Gasteiger partial charge on any atom is -0.356 e. The molecule has 3 rings (SSSR count). The number of thiophene rings is 1. The van der Waals surface area contributed by atoms with Crippen LogP contribution in [0.2, 0.25) is 0 Å². The summed E-state index contributed by atoms with van der Waals surface area (Å²) in [5.74, 6) is 1.92. The zero-order valence-electron chi connectivity index (χ0n) is 14.3. The van der Waals surface area contributed by atoms with E-state index in [9.17, 15) is 0 Å². The Morgan fingerprint density at radius 1 is 1.50 bits per heavy atom. The van der Waals surface area contributed by atoms with E-state index in [4.69, 9.17) is 0 Å². The molecule has 0 fully saturated rings. The average molecular weight is 460 g/mol. The Bertz CT molecular complexity index is 664. The van der Waals surface area contributed by atoms with E-state index in [0.29, 0.717) is 6.04 Å². The van der Waals surface area contributed by atoms with Crippen LogP contribution in [0.3, 0.4) is 0 Å². The van der Waals surface area contributed by atoms with Crippen LogP contribution in [0.4, 0.5) is 0 Å². The molecule has 6 nitrogen and oxygen atoms in total. The van der Waals surface area contributed by atoms with Crippen molar-refractivity contribution in [2.24, 2.45) is 4.99 Å². The molecule has 0 aromatic carbocycles. The summed E-state index contributed by atoms with van der Waals surface area (Å²) in [4.78, 5) is 10.0. The molecule has 0 aliphatic carbocycles. The lowest BCUT2D eigenvalue weighted by Gasteiger charge is -2.28. The zero-order chi connectivity index (χ0) is 16.3.